The topological polar surface area (TPSA) is 83.0 Å². The number of nitrogen functional groups attached to an aromatic ring is 1. The van der Waals surface area contributed by atoms with Crippen molar-refractivity contribution >= 4 is 11.9 Å². The highest BCUT2D eigenvalue weighted by Gasteiger charge is 2.12. The molecule has 0 saturated heterocycles. The average molecular weight is 246 g/mol. The number of esters is 1. The first kappa shape index (κ1) is 12.1. The highest BCUT2D eigenvalue weighted by molar-refractivity contribution is 5.69. The maximum Gasteiger partial charge on any atom is 0.328 e. The molecule has 2 rings (SSSR count). The van der Waals surface area contributed by atoms with Crippen LogP contribution in [0.1, 0.15) is 18.6 Å². The fourth-order valence-electron chi connectivity index (χ4n) is 1.54. The number of nitrogens with zero attached hydrogens (tertiary/aromatic N) is 3. The second-order valence-electron chi connectivity index (χ2n) is 3.84. The van der Waals surface area contributed by atoms with Crippen LogP contribution in [0.3, 0.4) is 0 Å². The molecule has 0 radical (unpaired) electrons. The monoisotopic (exact) mass is 246 g/mol. The van der Waals surface area contributed by atoms with E-state index in [4.69, 9.17) is 10.5 Å². The maximum absolute atomic E-state index is 11.7. The lowest BCUT2D eigenvalue weighted by Gasteiger charge is -2.13. The molecule has 6 heteroatoms. The Labute approximate surface area is 104 Å². The van der Waals surface area contributed by atoms with Crippen LogP contribution in [0.5, 0.6) is 0 Å². The van der Waals surface area contributed by atoms with Gasteiger partial charge in [0.15, 0.2) is 0 Å². The lowest BCUT2D eigenvalue weighted by molar-refractivity contribution is -0.149. The molecule has 0 aliphatic rings. The van der Waals surface area contributed by atoms with Crippen molar-refractivity contribution in [3.05, 3.63) is 42.2 Å². The van der Waals surface area contributed by atoms with E-state index in [1.165, 1.54) is 11.0 Å². The van der Waals surface area contributed by atoms with Crippen LogP contribution < -0.4 is 5.73 Å². The summed E-state index contributed by atoms with van der Waals surface area (Å²) in [5, 5.41) is 3.81. The number of hydrogen-bond acceptors (Lipinski definition) is 5. The van der Waals surface area contributed by atoms with Crippen molar-refractivity contribution < 1.29 is 9.53 Å². The Morgan fingerprint density at radius 2 is 2.17 bits per heavy atom. The van der Waals surface area contributed by atoms with Gasteiger partial charge in [0, 0.05) is 0 Å². The van der Waals surface area contributed by atoms with Gasteiger partial charge in [0.1, 0.15) is 19.0 Å². The van der Waals surface area contributed by atoms with E-state index in [1.807, 2.05) is 37.3 Å². The maximum atomic E-state index is 11.7. The molecule has 0 bridgehead atoms. The number of aromatic nitrogens is 3. The summed E-state index contributed by atoms with van der Waals surface area (Å²) in [6.45, 7) is 1.82. The van der Waals surface area contributed by atoms with Crippen LogP contribution in [0.4, 0.5) is 5.95 Å². The lowest BCUT2D eigenvalue weighted by atomic mass is 10.1. The molecular weight excluding hydrogens is 232 g/mol. The predicted octanol–water partition coefficient (Wildman–Crippen LogP) is 1.16. The molecule has 18 heavy (non-hydrogen) atoms. The van der Waals surface area contributed by atoms with E-state index in [0.717, 1.165) is 5.56 Å². The van der Waals surface area contributed by atoms with E-state index in [-0.39, 0.29) is 24.6 Å². The van der Waals surface area contributed by atoms with Crippen LogP contribution in [0.2, 0.25) is 0 Å². The number of carbonyl (C=O) groups is 1. The van der Waals surface area contributed by atoms with Crippen molar-refractivity contribution in [3.63, 3.8) is 0 Å². The zero-order chi connectivity index (χ0) is 13.0. The zero-order valence-corrected chi connectivity index (χ0v) is 9.98. The van der Waals surface area contributed by atoms with Crippen molar-refractivity contribution in [1.29, 1.82) is 0 Å². The summed E-state index contributed by atoms with van der Waals surface area (Å²) in [6.07, 6.45) is 1.10. The zero-order valence-electron chi connectivity index (χ0n) is 9.98. The van der Waals surface area contributed by atoms with Gasteiger partial charge in [-0.3, -0.25) is 4.79 Å². The van der Waals surface area contributed by atoms with E-state index in [1.54, 1.807) is 0 Å². The number of rotatable bonds is 4. The predicted molar refractivity (Wildman–Crippen MR) is 65.4 cm³/mol. The van der Waals surface area contributed by atoms with Crippen molar-refractivity contribution in [3.8, 4) is 0 Å². The van der Waals surface area contributed by atoms with E-state index in [2.05, 4.69) is 10.1 Å². The molecule has 0 aliphatic heterocycles. The van der Waals surface area contributed by atoms with Gasteiger partial charge in [-0.25, -0.2) is 9.67 Å². The Morgan fingerprint density at radius 1 is 1.44 bits per heavy atom. The van der Waals surface area contributed by atoms with Crippen molar-refractivity contribution in [2.24, 2.45) is 0 Å². The van der Waals surface area contributed by atoms with Gasteiger partial charge in [0.2, 0.25) is 5.95 Å². The smallest absolute Gasteiger partial charge is 0.328 e. The quantitative estimate of drug-likeness (QED) is 0.818. The molecule has 6 nitrogen and oxygen atoms in total. The standard InChI is InChI=1S/C12H14N4O2/c1-9(10-5-3-2-4-6-10)18-11(17)7-16-8-14-12(13)15-16/h2-6,8-9H,7H2,1H3,(H2,13,15). The molecule has 0 aliphatic carbocycles. The Kier molecular flexibility index (Phi) is 3.57. The van der Waals surface area contributed by atoms with Crippen LogP contribution in [-0.4, -0.2) is 20.7 Å². The number of nitrogens with two attached hydrogens (primary N) is 1. The third kappa shape index (κ3) is 3.07. The summed E-state index contributed by atoms with van der Waals surface area (Å²) in [6, 6.07) is 9.53. The molecule has 1 aromatic carbocycles. The number of benzene rings is 1. The molecule has 94 valence electrons. The normalized spacial score (nSPS) is 12.1. The summed E-state index contributed by atoms with van der Waals surface area (Å²) in [4.78, 5) is 15.4. The molecule has 0 fully saturated rings. The molecule has 1 unspecified atom stereocenters. The fourth-order valence-corrected chi connectivity index (χ4v) is 1.54. The van der Waals surface area contributed by atoms with Gasteiger partial charge in [0.25, 0.3) is 0 Å². The van der Waals surface area contributed by atoms with Crippen molar-refractivity contribution in [1.82, 2.24) is 14.8 Å². The molecule has 1 heterocycles. The molecular formula is C12H14N4O2. The van der Waals surface area contributed by atoms with E-state index < -0.39 is 0 Å². The Morgan fingerprint density at radius 3 is 2.78 bits per heavy atom. The second kappa shape index (κ2) is 5.31. The van der Waals surface area contributed by atoms with Gasteiger partial charge < -0.3 is 10.5 Å². The summed E-state index contributed by atoms with van der Waals surface area (Å²) in [5.74, 6) is -0.241. The van der Waals surface area contributed by atoms with Crippen LogP contribution in [0.15, 0.2) is 36.7 Å². The highest BCUT2D eigenvalue weighted by Crippen LogP contribution is 2.16. The number of ether oxygens (including phenoxy) is 1. The Hall–Kier alpha value is -2.37. The third-order valence-electron chi connectivity index (χ3n) is 2.42. The van der Waals surface area contributed by atoms with Gasteiger partial charge in [-0.05, 0) is 12.5 Å². The lowest BCUT2D eigenvalue weighted by Crippen LogP contribution is -2.16. The van der Waals surface area contributed by atoms with Gasteiger partial charge in [-0.1, -0.05) is 30.3 Å². The van der Waals surface area contributed by atoms with Crippen molar-refractivity contribution in [2.75, 3.05) is 5.73 Å². The molecule has 2 N–H and O–H groups in total. The van der Waals surface area contributed by atoms with Crippen LogP contribution in [0.25, 0.3) is 0 Å². The minimum absolute atomic E-state index is 0.00136. The SMILES string of the molecule is CC(OC(=O)Cn1cnc(N)n1)c1ccccc1. The first-order chi connectivity index (χ1) is 8.65. The minimum Gasteiger partial charge on any atom is -0.456 e. The Bertz CT molecular complexity index is 524. The van der Waals surface area contributed by atoms with E-state index >= 15 is 0 Å². The summed E-state index contributed by atoms with van der Waals surface area (Å²) >= 11 is 0. The first-order valence-corrected chi connectivity index (χ1v) is 5.54. The summed E-state index contributed by atoms with van der Waals surface area (Å²) < 4.78 is 6.62. The summed E-state index contributed by atoms with van der Waals surface area (Å²) in [5.41, 5.74) is 6.30. The van der Waals surface area contributed by atoms with Gasteiger partial charge in [-0.15, -0.1) is 5.10 Å². The van der Waals surface area contributed by atoms with Crippen molar-refractivity contribution in [2.45, 2.75) is 19.6 Å². The number of carbonyl (C=O) groups excluding carboxylic acids is 1. The number of anilines is 1. The highest BCUT2D eigenvalue weighted by atomic mass is 16.5. The molecule has 0 saturated carbocycles. The van der Waals surface area contributed by atoms with Gasteiger partial charge >= 0.3 is 5.97 Å². The average Bonchev–Trinajstić information content (AvgIpc) is 2.75. The summed E-state index contributed by atoms with van der Waals surface area (Å²) in [7, 11) is 0. The molecule has 1 aromatic heterocycles. The Balaban J connectivity index is 1.92. The molecule has 0 spiro atoms. The molecule has 0 amide bonds. The van der Waals surface area contributed by atoms with Gasteiger partial charge in [-0.2, -0.15) is 0 Å². The fraction of sp³-hybridized carbons (Fsp3) is 0.250. The van der Waals surface area contributed by atoms with Crippen LogP contribution in [-0.2, 0) is 16.1 Å². The van der Waals surface area contributed by atoms with E-state index in [9.17, 15) is 4.79 Å². The molecule has 2 aromatic rings. The second-order valence-corrected chi connectivity index (χ2v) is 3.84. The number of hydrogen-bond donors (Lipinski definition) is 1. The largest absolute Gasteiger partial charge is 0.456 e. The molecule has 1 atom stereocenters. The third-order valence-corrected chi connectivity index (χ3v) is 2.42. The first-order valence-electron chi connectivity index (χ1n) is 5.54. The minimum atomic E-state index is -0.378. The van der Waals surface area contributed by atoms with Crippen LogP contribution >= 0.6 is 0 Å². The van der Waals surface area contributed by atoms with E-state index in [0.29, 0.717) is 0 Å². The van der Waals surface area contributed by atoms with Gasteiger partial charge in [0.05, 0.1) is 0 Å². The van der Waals surface area contributed by atoms with Crippen LogP contribution in [0, 0.1) is 0 Å².